The van der Waals surface area contributed by atoms with E-state index in [4.69, 9.17) is 0 Å². The lowest BCUT2D eigenvalue weighted by molar-refractivity contribution is -0.144. The van der Waals surface area contributed by atoms with Crippen LogP contribution in [0.1, 0.15) is 5.82 Å². The van der Waals surface area contributed by atoms with Crippen molar-refractivity contribution >= 4 is 11.8 Å². The molecular weight excluding hydrogens is 270 g/mol. The topological polar surface area (TPSA) is 30.7 Å². The van der Waals surface area contributed by atoms with Crippen molar-refractivity contribution in [1.29, 1.82) is 0 Å². The number of hydrogen-bond donors (Lipinski definition) is 0. The van der Waals surface area contributed by atoms with E-state index >= 15 is 0 Å². The van der Waals surface area contributed by atoms with Crippen LogP contribution in [0.5, 0.6) is 0 Å². The van der Waals surface area contributed by atoms with Gasteiger partial charge in [0.05, 0.1) is 5.69 Å². The summed E-state index contributed by atoms with van der Waals surface area (Å²) in [5.41, 5.74) is 0.188. The number of hydrogen-bond acceptors (Lipinski definition) is 3. The van der Waals surface area contributed by atoms with Gasteiger partial charge in [-0.25, -0.2) is 14.1 Å². The largest absolute Gasteiger partial charge is 0.453 e. The maximum Gasteiger partial charge on any atom is 0.453 e. The first-order valence-electron chi connectivity index (χ1n) is 4.74. The van der Waals surface area contributed by atoms with Crippen molar-refractivity contribution in [2.24, 2.45) is 0 Å². The zero-order valence-electron chi connectivity index (χ0n) is 9.07. The number of nitrogens with zero attached hydrogens (tertiary/aromatic N) is 3. The molecule has 2 aromatic rings. The van der Waals surface area contributed by atoms with Crippen LogP contribution in [0.4, 0.5) is 17.6 Å². The summed E-state index contributed by atoms with van der Waals surface area (Å²) < 4.78 is 51.3. The van der Waals surface area contributed by atoms with Gasteiger partial charge in [-0.05, 0) is 18.4 Å². The van der Waals surface area contributed by atoms with Crippen LogP contribution >= 0.6 is 11.8 Å². The molecule has 2 rings (SSSR count). The van der Waals surface area contributed by atoms with Gasteiger partial charge < -0.3 is 0 Å². The first-order chi connectivity index (χ1) is 8.41. The molecule has 0 saturated carbocycles. The average Bonchev–Trinajstić information content (AvgIpc) is 2.77. The maximum atomic E-state index is 13.5. The molecule has 0 atom stereocenters. The third-order valence-corrected chi connectivity index (χ3v) is 2.92. The fourth-order valence-electron chi connectivity index (χ4n) is 1.32. The van der Waals surface area contributed by atoms with Gasteiger partial charge in [0, 0.05) is 11.0 Å². The third kappa shape index (κ3) is 2.47. The zero-order chi connectivity index (χ0) is 13.3. The summed E-state index contributed by atoms with van der Waals surface area (Å²) in [6, 6.07) is 4.06. The molecule has 0 amide bonds. The van der Waals surface area contributed by atoms with Crippen LogP contribution in [0.3, 0.4) is 0 Å². The summed E-state index contributed by atoms with van der Waals surface area (Å²) in [5.74, 6) is -1.76. The normalized spacial score (nSPS) is 11.8. The van der Waals surface area contributed by atoms with Crippen LogP contribution < -0.4 is 0 Å². The van der Waals surface area contributed by atoms with E-state index in [9.17, 15) is 17.6 Å². The van der Waals surface area contributed by atoms with Gasteiger partial charge in [0.1, 0.15) is 12.1 Å². The van der Waals surface area contributed by atoms with Crippen LogP contribution in [0.25, 0.3) is 5.69 Å². The van der Waals surface area contributed by atoms with Crippen LogP contribution in [0.15, 0.2) is 29.4 Å². The minimum absolute atomic E-state index is 0.188. The molecule has 0 unspecified atom stereocenters. The molecule has 0 spiro atoms. The molecule has 1 aromatic heterocycles. The summed E-state index contributed by atoms with van der Waals surface area (Å²) in [7, 11) is 0. The Bertz CT molecular complexity index is 564. The van der Waals surface area contributed by atoms with Gasteiger partial charge in [0.25, 0.3) is 5.82 Å². The number of rotatable bonds is 2. The second-order valence-corrected chi connectivity index (χ2v) is 4.18. The van der Waals surface area contributed by atoms with Crippen LogP contribution in [-0.2, 0) is 6.18 Å². The van der Waals surface area contributed by atoms with Gasteiger partial charge >= 0.3 is 6.18 Å². The Balaban J connectivity index is 2.38. The summed E-state index contributed by atoms with van der Waals surface area (Å²) >= 11 is 1.21. The molecule has 0 saturated heterocycles. The van der Waals surface area contributed by atoms with Gasteiger partial charge in [0.2, 0.25) is 0 Å². The van der Waals surface area contributed by atoms with E-state index in [2.05, 4.69) is 10.1 Å². The van der Waals surface area contributed by atoms with Crippen molar-refractivity contribution in [2.45, 2.75) is 11.1 Å². The molecule has 1 aromatic carbocycles. The van der Waals surface area contributed by atoms with Crippen molar-refractivity contribution in [3.05, 3.63) is 36.2 Å². The van der Waals surface area contributed by atoms with E-state index in [0.29, 0.717) is 4.90 Å². The molecule has 1 heterocycles. The van der Waals surface area contributed by atoms with E-state index in [-0.39, 0.29) is 5.69 Å². The van der Waals surface area contributed by atoms with E-state index in [1.54, 1.807) is 6.26 Å². The number of thioether (sulfide) groups is 1. The first-order valence-corrected chi connectivity index (χ1v) is 5.97. The highest BCUT2D eigenvalue weighted by atomic mass is 32.2. The molecule has 8 heteroatoms. The lowest BCUT2D eigenvalue weighted by Crippen LogP contribution is -2.08. The highest BCUT2D eigenvalue weighted by molar-refractivity contribution is 7.98. The lowest BCUT2D eigenvalue weighted by atomic mass is 10.3. The molecule has 0 radical (unpaired) electrons. The van der Waals surface area contributed by atoms with Crippen LogP contribution in [0.2, 0.25) is 0 Å². The maximum absolute atomic E-state index is 13.5. The molecule has 96 valence electrons. The minimum Gasteiger partial charge on any atom is -0.220 e. The van der Waals surface area contributed by atoms with Gasteiger partial charge in [-0.3, -0.25) is 0 Å². The quantitative estimate of drug-likeness (QED) is 0.624. The van der Waals surface area contributed by atoms with Crippen LogP contribution in [0, 0.1) is 5.82 Å². The summed E-state index contributed by atoms with van der Waals surface area (Å²) in [6.45, 7) is 0. The van der Waals surface area contributed by atoms with Crippen molar-refractivity contribution < 1.29 is 17.6 Å². The van der Waals surface area contributed by atoms with Crippen molar-refractivity contribution in [3.63, 3.8) is 0 Å². The molecule has 0 aliphatic heterocycles. The average molecular weight is 277 g/mol. The van der Waals surface area contributed by atoms with Gasteiger partial charge in [-0.15, -0.1) is 16.9 Å². The zero-order valence-corrected chi connectivity index (χ0v) is 9.89. The number of alkyl halides is 3. The second-order valence-electron chi connectivity index (χ2n) is 3.33. The minimum atomic E-state index is -4.61. The highest BCUT2D eigenvalue weighted by Crippen LogP contribution is 2.26. The Morgan fingerprint density at radius 3 is 2.50 bits per heavy atom. The Kier molecular flexibility index (Phi) is 3.29. The van der Waals surface area contributed by atoms with E-state index in [0.717, 1.165) is 17.1 Å². The molecule has 0 aliphatic rings. The van der Waals surface area contributed by atoms with E-state index in [1.165, 1.54) is 23.9 Å². The Morgan fingerprint density at radius 1 is 1.28 bits per heavy atom. The molecule has 0 aliphatic carbocycles. The molecular formula is C10H7F4N3S. The smallest absolute Gasteiger partial charge is 0.220 e. The van der Waals surface area contributed by atoms with Gasteiger partial charge in [0.15, 0.2) is 0 Å². The van der Waals surface area contributed by atoms with Crippen molar-refractivity contribution in [1.82, 2.24) is 14.8 Å². The van der Waals surface area contributed by atoms with E-state index in [1.807, 2.05) is 0 Å². The molecule has 0 bridgehead atoms. The first kappa shape index (κ1) is 12.9. The fraction of sp³-hybridized carbons (Fsp3) is 0.200. The Labute approximate surface area is 104 Å². The molecule has 0 N–H and O–H groups in total. The number of aromatic nitrogens is 3. The summed E-state index contributed by atoms with van der Waals surface area (Å²) in [6.07, 6.45) is -2.01. The summed E-state index contributed by atoms with van der Waals surface area (Å²) in [5, 5.41) is 3.26. The monoisotopic (exact) mass is 277 g/mol. The predicted octanol–water partition coefficient (Wildman–Crippen LogP) is 3.15. The second kappa shape index (κ2) is 4.60. The predicted molar refractivity (Wildman–Crippen MR) is 58.1 cm³/mol. The third-order valence-electron chi connectivity index (χ3n) is 2.15. The SMILES string of the molecule is CSc1ccc(-n2cnc(C(F)(F)F)n2)cc1F. The van der Waals surface area contributed by atoms with Crippen molar-refractivity contribution in [2.75, 3.05) is 6.26 Å². The number of halogens is 4. The lowest BCUT2D eigenvalue weighted by Gasteiger charge is -2.04. The number of benzene rings is 1. The molecule has 0 fully saturated rings. The standard InChI is InChI=1S/C10H7F4N3S/c1-18-8-3-2-6(4-7(8)11)17-5-15-9(16-17)10(12,13)14/h2-5H,1H3. The molecule has 18 heavy (non-hydrogen) atoms. The highest BCUT2D eigenvalue weighted by Gasteiger charge is 2.35. The Hall–Kier alpha value is -1.57. The van der Waals surface area contributed by atoms with Crippen LogP contribution in [-0.4, -0.2) is 21.0 Å². The van der Waals surface area contributed by atoms with Gasteiger partial charge in [-0.2, -0.15) is 13.2 Å². The Morgan fingerprint density at radius 2 is 2.00 bits per heavy atom. The van der Waals surface area contributed by atoms with Gasteiger partial charge in [-0.1, -0.05) is 0 Å². The van der Waals surface area contributed by atoms with Crippen molar-refractivity contribution in [3.8, 4) is 5.69 Å². The van der Waals surface area contributed by atoms with E-state index < -0.39 is 17.8 Å². The fourth-order valence-corrected chi connectivity index (χ4v) is 1.77. The summed E-state index contributed by atoms with van der Waals surface area (Å²) in [4.78, 5) is 3.55. The molecule has 3 nitrogen and oxygen atoms in total.